The van der Waals surface area contributed by atoms with Gasteiger partial charge in [-0.3, -0.25) is 14.4 Å². The van der Waals surface area contributed by atoms with Gasteiger partial charge < -0.3 is 19.9 Å². The lowest BCUT2D eigenvalue weighted by Crippen LogP contribution is -2.37. The molecule has 142 valence electrons. The van der Waals surface area contributed by atoms with E-state index in [1.54, 1.807) is 31.2 Å². The maximum absolute atomic E-state index is 12.6. The highest BCUT2D eigenvalue weighted by molar-refractivity contribution is 5.95. The molecule has 7 heteroatoms. The maximum atomic E-state index is 12.6. The van der Waals surface area contributed by atoms with Gasteiger partial charge in [-0.1, -0.05) is 30.3 Å². The van der Waals surface area contributed by atoms with E-state index >= 15 is 0 Å². The van der Waals surface area contributed by atoms with Gasteiger partial charge in [-0.2, -0.15) is 0 Å². The third-order valence-electron chi connectivity index (χ3n) is 3.64. The second kappa shape index (κ2) is 8.95. The number of hydrogen-bond donors (Lipinski definition) is 2. The molecule has 0 saturated heterocycles. The van der Waals surface area contributed by atoms with Crippen molar-refractivity contribution in [2.75, 3.05) is 0 Å². The molecule has 0 bridgehead atoms. The van der Waals surface area contributed by atoms with Gasteiger partial charge in [-0.05, 0) is 24.6 Å². The summed E-state index contributed by atoms with van der Waals surface area (Å²) in [6, 6.07) is 12.4. The third-order valence-corrected chi connectivity index (χ3v) is 3.64. The fraction of sp³-hybridized carbons (Fsp3) is 0.250. The highest BCUT2D eigenvalue weighted by atomic mass is 16.5. The lowest BCUT2D eigenvalue weighted by molar-refractivity contribution is -0.132. The Morgan fingerprint density at radius 1 is 0.926 bits per heavy atom. The van der Waals surface area contributed by atoms with Gasteiger partial charge in [-0.25, -0.2) is 0 Å². The van der Waals surface area contributed by atoms with Gasteiger partial charge in [0, 0.05) is 25.5 Å². The van der Waals surface area contributed by atoms with E-state index in [0.29, 0.717) is 5.56 Å². The van der Waals surface area contributed by atoms with Crippen molar-refractivity contribution in [3.05, 3.63) is 59.7 Å². The average Bonchev–Trinajstić information content (AvgIpc) is 2.60. The van der Waals surface area contributed by atoms with Gasteiger partial charge in [0.05, 0.1) is 12.1 Å². The Morgan fingerprint density at radius 2 is 1.44 bits per heavy atom. The average molecular weight is 371 g/mol. The number of aliphatic hydroxyl groups excluding tert-OH is 1. The van der Waals surface area contributed by atoms with Gasteiger partial charge in [0.2, 0.25) is 0 Å². The minimum atomic E-state index is -0.903. The maximum Gasteiger partial charge on any atom is 0.308 e. The summed E-state index contributed by atoms with van der Waals surface area (Å²) in [6.45, 7) is 4.10. The van der Waals surface area contributed by atoms with Crippen LogP contribution in [0.15, 0.2) is 48.5 Å². The Bertz CT molecular complexity index is 799. The number of carbonyl (C=O) groups is 3. The summed E-state index contributed by atoms with van der Waals surface area (Å²) in [5, 5.41) is 13.1. The highest BCUT2D eigenvalue weighted by Gasteiger charge is 2.20. The number of nitrogens with one attached hydrogen (secondary N) is 1. The molecular formula is C20H21NO6. The number of amides is 1. The number of esters is 2. The van der Waals surface area contributed by atoms with E-state index in [1.165, 1.54) is 32.0 Å². The number of rotatable bonds is 6. The predicted molar refractivity (Wildman–Crippen MR) is 97.4 cm³/mol. The molecule has 7 nitrogen and oxygen atoms in total. The topological polar surface area (TPSA) is 102 Å². The van der Waals surface area contributed by atoms with Gasteiger partial charge in [0.15, 0.2) is 0 Å². The number of aliphatic hydroxyl groups is 1. The molecule has 0 aliphatic heterocycles. The van der Waals surface area contributed by atoms with E-state index in [-0.39, 0.29) is 17.1 Å². The normalized spacial score (nSPS) is 12.6. The van der Waals surface area contributed by atoms with Crippen molar-refractivity contribution < 1.29 is 29.0 Å². The van der Waals surface area contributed by atoms with Crippen molar-refractivity contribution >= 4 is 17.8 Å². The predicted octanol–water partition coefficient (Wildman–Crippen LogP) is 2.39. The first-order valence-electron chi connectivity index (χ1n) is 8.32. The van der Waals surface area contributed by atoms with Crippen molar-refractivity contribution in [3.63, 3.8) is 0 Å². The summed E-state index contributed by atoms with van der Waals surface area (Å²) in [4.78, 5) is 34.9. The van der Waals surface area contributed by atoms with Crippen LogP contribution in [-0.2, 0) is 9.59 Å². The first-order valence-corrected chi connectivity index (χ1v) is 8.32. The molecule has 0 fully saturated rings. The van der Waals surface area contributed by atoms with Crippen molar-refractivity contribution in [2.24, 2.45) is 0 Å². The minimum Gasteiger partial charge on any atom is -0.427 e. The Balaban J connectivity index is 2.20. The Hall–Kier alpha value is -3.19. The SMILES string of the molecule is CC(=O)Oc1cc(OC(C)=O)cc(C(=O)NC(C)C(O)c2ccccc2)c1. The molecule has 0 aromatic heterocycles. The van der Waals surface area contributed by atoms with Crippen LogP contribution in [0.3, 0.4) is 0 Å². The molecule has 2 aromatic carbocycles. The number of benzene rings is 2. The molecule has 0 aliphatic carbocycles. The van der Waals surface area contributed by atoms with E-state index < -0.39 is 30.0 Å². The van der Waals surface area contributed by atoms with Gasteiger partial charge in [0.25, 0.3) is 5.91 Å². The smallest absolute Gasteiger partial charge is 0.308 e. The van der Waals surface area contributed by atoms with Crippen molar-refractivity contribution in [3.8, 4) is 11.5 Å². The van der Waals surface area contributed by atoms with E-state index in [9.17, 15) is 19.5 Å². The zero-order valence-electron chi connectivity index (χ0n) is 15.3. The fourth-order valence-corrected chi connectivity index (χ4v) is 2.46. The second-order valence-electron chi connectivity index (χ2n) is 6.00. The monoisotopic (exact) mass is 371 g/mol. The van der Waals surface area contributed by atoms with Crippen LogP contribution in [0.1, 0.15) is 42.8 Å². The molecule has 0 heterocycles. The first-order chi connectivity index (χ1) is 12.8. The van der Waals surface area contributed by atoms with E-state index in [2.05, 4.69) is 5.32 Å². The van der Waals surface area contributed by atoms with Crippen molar-refractivity contribution in [1.29, 1.82) is 0 Å². The largest absolute Gasteiger partial charge is 0.427 e. The first kappa shape index (κ1) is 20.1. The lowest BCUT2D eigenvalue weighted by atomic mass is 10.0. The molecule has 1 amide bonds. The molecule has 2 aromatic rings. The van der Waals surface area contributed by atoms with E-state index in [0.717, 1.165) is 0 Å². The van der Waals surface area contributed by atoms with E-state index in [1.807, 2.05) is 6.07 Å². The van der Waals surface area contributed by atoms with Crippen LogP contribution >= 0.6 is 0 Å². The molecular weight excluding hydrogens is 350 g/mol. The van der Waals surface area contributed by atoms with Gasteiger partial charge in [-0.15, -0.1) is 0 Å². The quantitative estimate of drug-likeness (QED) is 0.597. The Kier molecular flexibility index (Phi) is 6.67. The Morgan fingerprint density at radius 3 is 1.93 bits per heavy atom. The van der Waals surface area contributed by atoms with Crippen molar-refractivity contribution in [2.45, 2.75) is 32.9 Å². The van der Waals surface area contributed by atoms with Crippen LogP contribution in [0, 0.1) is 0 Å². The molecule has 0 saturated carbocycles. The summed E-state index contributed by atoms with van der Waals surface area (Å²) >= 11 is 0. The van der Waals surface area contributed by atoms with Gasteiger partial charge >= 0.3 is 11.9 Å². The van der Waals surface area contributed by atoms with Crippen molar-refractivity contribution in [1.82, 2.24) is 5.32 Å². The van der Waals surface area contributed by atoms with Crippen LogP contribution in [0.25, 0.3) is 0 Å². The fourth-order valence-electron chi connectivity index (χ4n) is 2.46. The van der Waals surface area contributed by atoms with Crippen LogP contribution in [-0.4, -0.2) is 29.0 Å². The number of hydrogen-bond acceptors (Lipinski definition) is 6. The summed E-state index contributed by atoms with van der Waals surface area (Å²) < 4.78 is 9.98. The Labute approximate surface area is 156 Å². The zero-order chi connectivity index (χ0) is 20.0. The summed E-state index contributed by atoms with van der Waals surface area (Å²) in [5.41, 5.74) is 0.789. The van der Waals surface area contributed by atoms with Crippen LogP contribution in [0.4, 0.5) is 0 Å². The number of carbonyl (C=O) groups excluding carboxylic acids is 3. The molecule has 0 radical (unpaired) electrons. The van der Waals surface area contributed by atoms with Gasteiger partial charge in [0.1, 0.15) is 11.5 Å². The molecule has 0 aliphatic rings. The highest BCUT2D eigenvalue weighted by Crippen LogP contribution is 2.24. The minimum absolute atomic E-state index is 0.0719. The third kappa shape index (κ3) is 5.93. The van der Waals surface area contributed by atoms with Crippen LogP contribution in [0.5, 0.6) is 11.5 Å². The summed E-state index contributed by atoms with van der Waals surface area (Å²) in [6.07, 6.45) is -0.903. The standard InChI is InChI=1S/C20H21NO6/c1-12(19(24)15-7-5-4-6-8-15)21-20(25)16-9-17(26-13(2)22)11-18(10-16)27-14(3)23/h4-12,19,24H,1-3H3,(H,21,25). The molecule has 27 heavy (non-hydrogen) atoms. The van der Waals surface area contributed by atoms with Crippen LogP contribution < -0.4 is 14.8 Å². The molecule has 2 N–H and O–H groups in total. The summed E-state index contributed by atoms with van der Waals surface area (Å²) in [5.74, 6) is -1.52. The second-order valence-corrected chi connectivity index (χ2v) is 6.00. The summed E-state index contributed by atoms with van der Waals surface area (Å²) in [7, 11) is 0. The molecule has 2 atom stereocenters. The van der Waals surface area contributed by atoms with E-state index in [4.69, 9.17) is 9.47 Å². The lowest BCUT2D eigenvalue weighted by Gasteiger charge is -2.21. The number of ether oxygens (including phenoxy) is 2. The molecule has 0 spiro atoms. The van der Waals surface area contributed by atoms with Crippen LogP contribution in [0.2, 0.25) is 0 Å². The molecule has 2 unspecified atom stereocenters. The zero-order valence-corrected chi connectivity index (χ0v) is 15.3. The molecule has 2 rings (SSSR count).